The molecule has 0 aliphatic carbocycles. The molecule has 0 aromatic heterocycles. The summed E-state index contributed by atoms with van der Waals surface area (Å²) in [7, 11) is 1.58. The van der Waals surface area contributed by atoms with E-state index in [1.54, 1.807) is 7.11 Å². The van der Waals surface area contributed by atoms with Crippen molar-refractivity contribution in [3.05, 3.63) is 29.8 Å². The number of nitrogens with zero attached hydrogens (tertiary/aromatic N) is 1. The summed E-state index contributed by atoms with van der Waals surface area (Å²) in [6, 6.07) is 7.99. The van der Waals surface area contributed by atoms with Crippen LogP contribution in [0.3, 0.4) is 0 Å². The van der Waals surface area contributed by atoms with Gasteiger partial charge in [0.2, 0.25) is 0 Å². The van der Waals surface area contributed by atoms with Gasteiger partial charge in [-0.2, -0.15) is 0 Å². The first-order valence-corrected chi connectivity index (χ1v) is 6.60. The molecular weight excluding hydrogens is 244 g/mol. The molecular formula is C14H22N2O3. The molecule has 1 aromatic carbocycles. The smallest absolute Gasteiger partial charge is 0.0671 e. The third-order valence-electron chi connectivity index (χ3n) is 3.40. The lowest BCUT2D eigenvalue weighted by Gasteiger charge is -2.34. The number of piperidine rings is 1. The van der Waals surface area contributed by atoms with Gasteiger partial charge in [0.25, 0.3) is 0 Å². The van der Waals surface area contributed by atoms with E-state index in [2.05, 4.69) is 16.4 Å². The van der Waals surface area contributed by atoms with Gasteiger partial charge in [-0.15, -0.1) is 0 Å². The minimum Gasteiger partial charge on any atom is -0.396 e. The Morgan fingerprint density at radius 3 is 3.00 bits per heavy atom. The molecule has 106 valence electrons. The average Bonchev–Trinajstić information content (AvgIpc) is 2.39. The topological polar surface area (TPSA) is 65.0 Å². The summed E-state index contributed by atoms with van der Waals surface area (Å²) in [4.78, 5) is 7.07. The molecule has 1 aliphatic rings. The lowest BCUT2D eigenvalue weighted by molar-refractivity contribution is 0.0177. The molecule has 2 rings (SSSR count). The fraction of sp³-hybridized carbons (Fsp3) is 0.571. The zero-order chi connectivity index (χ0) is 13.7. The maximum absolute atomic E-state index is 9.81. The molecule has 2 atom stereocenters. The second kappa shape index (κ2) is 6.86. The highest BCUT2D eigenvalue weighted by Crippen LogP contribution is 2.20. The molecule has 0 radical (unpaired) electrons. The predicted octanol–water partition coefficient (Wildman–Crippen LogP) is 0.835. The average molecular weight is 266 g/mol. The van der Waals surface area contributed by atoms with Crippen LogP contribution in [0.25, 0.3) is 0 Å². The molecule has 1 aromatic rings. The van der Waals surface area contributed by atoms with Crippen LogP contribution in [0.2, 0.25) is 0 Å². The van der Waals surface area contributed by atoms with Gasteiger partial charge in [0.05, 0.1) is 18.9 Å². The standard InChI is InChI=1S/C14H22N2O3/c1-19-15-13-4-2-3-11(5-13)7-16-8-12(10-17)6-14(18)9-16/h2-5,12,14-15,17-18H,6-10H2,1H3. The normalized spacial score (nSPS) is 24.4. The van der Waals surface area contributed by atoms with Crippen LogP contribution in [0.5, 0.6) is 0 Å². The van der Waals surface area contributed by atoms with Crippen LogP contribution in [-0.2, 0) is 11.4 Å². The second-order valence-electron chi connectivity index (χ2n) is 5.14. The van der Waals surface area contributed by atoms with Crippen LogP contribution >= 0.6 is 0 Å². The minimum atomic E-state index is -0.341. The molecule has 0 spiro atoms. The van der Waals surface area contributed by atoms with Gasteiger partial charge < -0.3 is 10.2 Å². The Labute approximate surface area is 113 Å². The maximum atomic E-state index is 9.81. The molecule has 0 saturated carbocycles. The Balaban J connectivity index is 1.97. The monoisotopic (exact) mass is 266 g/mol. The highest BCUT2D eigenvalue weighted by Gasteiger charge is 2.25. The molecule has 1 heterocycles. The van der Waals surface area contributed by atoms with Crippen LogP contribution in [0.1, 0.15) is 12.0 Å². The van der Waals surface area contributed by atoms with Crippen molar-refractivity contribution in [2.45, 2.75) is 19.1 Å². The van der Waals surface area contributed by atoms with Crippen molar-refractivity contribution in [3.63, 3.8) is 0 Å². The Bertz CT molecular complexity index is 400. The SMILES string of the molecule is CONc1cccc(CN2CC(O)CC(CO)C2)c1. The van der Waals surface area contributed by atoms with E-state index in [9.17, 15) is 10.2 Å². The van der Waals surface area contributed by atoms with Gasteiger partial charge in [-0.3, -0.25) is 15.2 Å². The van der Waals surface area contributed by atoms with Crippen molar-refractivity contribution in [2.75, 3.05) is 32.3 Å². The molecule has 3 N–H and O–H groups in total. The number of β-amino-alcohol motifs (C(OH)–C–C–N with tert-alkyl or cyclic N) is 1. The van der Waals surface area contributed by atoms with Crippen molar-refractivity contribution >= 4 is 5.69 Å². The molecule has 5 nitrogen and oxygen atoms in total. The van der Waals surface area contributed by atoms with Crippen LogP contribution in [0.15, 0.2) is 24.3 Å². The summed E-state index contributed by atoms with van der Waals surface area (Å²) in [5.74, 6) is 0.170. The van der Waals surface area contributed by atoms with Gasteiger partial charge in [-0.25, -0.2) is 0 Å². The molecule has 0 bridgehead atoms. The van der Waals surface area contributed by atoms with E-state index in [1.165, 1.54) is 0 Å². The largest absolute Gasteiger partial charge is 0.396 e. The third-order valence-corrected chi connectivity index (χ3v) is 3.40. The summed E-state index contributed by atoms with van der Waals surface area (Å²) in [5.41, 5.74) is 4.88. The first kappa shape index (κ1) is 14.3. The highest BCUT2D eigenvalue weighted by molar-refractivity contribution is 5.43. The van der Waals surface area contributed by atoms with Gasteiger partial charge in [0.15, 0.2) is 0 Å². The number of hydrogen-bond acceptors (Lipinski definition) is 5. The summed E-state index contributed by atoms with van der Waals surface area (Å²) in [6.07, 6.45) is 0.351. The van der Waals surface area contributed by atoms with E-state index in [-0.39, 0.29) is 18.6 Å². The van der Waals surface area contributed by atoms with E-state index in [4.69, 9.17) is 4.84 Å². The van der Waals surface area contributed by atoms with Crippen molar-refractivity contribution in [1.82, 2.24) is 4.90 Å². The first-order valence-electron chi connectivity index (χ1n) is 6.60. The van der Waals surface area contributed by atoms with Gasteiger partial charge in [-0.05, 0) is 30.0 Å². The van der Waals surface area contributed by atoms with E-state index < -0.39 is 0 Å². The zero-order valence-electron chi connectivity index (χ0n) is 11.2. The van der Waals surface area contributed by atoms with Crippen LogP contribution < -0.4 is 5.48 Å². The number of likely N-dealkylation sites (tertiary alicyclic amines) is 1. The van der Waals surface area contributed by atoms with Crippen LogP contribution in [0.4, 0.5) is 5.69 Å². The van der Waals surface area contributed by atoms with Crippen molar-refractivity contribution < 1.29 is 15.1 Å². The quantitative estimate of drug-likeness (QED) is 0.689. The molecule has 2 unspecified atom stereocenters. The third kappa shape index (κ3) is 4.18. The Morgan fingerprint density at radius 1 is 1.42 bits per heavy atom. The molecule has 5 heteroatoms. The van der Waals surface area contributed by atoms with Crippen LogP contribution in [-0.4, -0.2) is 48.0 Å². The Kier molecular flexibility index (Phi) is 5.15. The first-order chi connectivity index (χ1) is 9.21. The van der Waals surface area contributed by atoms with Crippen molar-refractivity contribution in [3.8, 4) is 0 Å². The number of rotatable bonds is 5. The molecule has 1 fully saturated rings. The number of hydrogen-bond donors (Lipinski definition) is 3. The van der Waals surface area contributed by atoms with Gasteiger partial charge in [-0.1, -0.05) is 12.1 Å². The molecule has 1 saturated heterocycles. The summed E-state index contributed by atoms with van der Waals surface area (Å²) >= 11 is 0. The number of anilines is 1. The summed E-state index contributed by atoms with van der Waals surface area (Å²) in [5, 5.41) is 19.1. The Hall–Kier alpha value is -1.14. The fourth-order valence-electron chi connectivity index (χ4n) is 2.64. The van der Waals surface area contributed by atoms with Gasteiger partial charge in [0.1, 0.15) is 0 Å². The maximum Gasteiger partial charge on any atom is 0.0671 e. The van der Waals surface area contributed by atoms with Crippen molar-refractivity contribution in [2.24, 2.45) is 5.92 Å². The van der Waals surface area contributed by atoms with Gasteiger partial charge >= 0.3 is 0 Å². The summed E-state index contributed by atoms with van der Waals surface area (Å²) < 4.78 is 0. The number of aliphatic hydroxyl groups is 2. The lowest BCUT2D eigenvalue weighted by Crippen LogP contribution is -2.43. The summed E-state index contributed by atoms with van der Waals surface area (Å²) in [6.45, 7) is 2.40. The lowest BCUT2D eigenvalue weighted by atomic mass is 9.96. The van der Waals surface area contributed by atoms with E-state index >= 15 is 0 Å². The second-order valence-corrected chi connectivity index (χ2v) is 5.14. The van der Waals surface area contributed by atoms with Crippen LogP contribution in [0, 0.1) is 5.92 Å². The molecule has 1 aliphatic heterocycles. The van der Waals surface area contributed by atoms with E-state index in [0.717, 1.165) is 24.3 Å². The molecule has 0 amide bonds. The van der Waals surface area contributed by atoms with Crippen molar-refractivity contribution in [1.29, 1.82) is 0 Å². The molecule has 19 heavy (non-hydrogen) atoms. The number of aliphatic hydroxyl groups excluding tert-OH is 2. The Morgan fingerprint density at radius 2 is 2.26 bits per heavy atom. The predicted molar refractivity (Wildman–Crippen MR) is 73.6 cm³/mol. The zero-order valence-corrected chi connectivity index (χ0v) is 11.2. The number of benzene rings is 1. The van der Waals surface area contributed by atoms with E-state index in [1.807, 2.05) is 18.2 Å². The highest BCUT2D eigenvalue weighted by atomic mass is 16.6. The van der Waals surface area contributed by atoms with E-state index in [0.29, 0.717) is 13.0 Å². The minimum absolute atomic E-state index is 0.138. The fourth-order valence-corrected chi connectivity index (χ4v) is 2.64. The van der Waals surface area contributed by atoms with Gasteiger partial charge in [0, 0.05) is 26.2 Å². The number of nitrogens with one attached hydrogen (secondary N) is 1.